The molecule has 2 heterocycles. The molecule has 0 aliphatic rings. The topological polar surface area (TPSA) is 26.0 Å². The second-order valence-corrected chi connectivity index (χ2v) is 5.60. The van der Waals surface area contributed by atoms with Crippen molar-refractivity contribution in [3.8, 4) is 0 Å². The van der Waals surface area contributed by atoms with Gasteiger partial charge in [0.05, 0.1) is 0 Å². The summed E-state index contributed by atoms with van der Waals surface area (Å²) in [6.45, 7) is 10.9. The minimum Gasteiger partial charge on any atom is -0.459 e. The highest BCUT2D eigenvalue weighted by Gasteiger charge is 2.27. The van der Waals surface area contributed by atoms with Crippen LogP contribution in [0.1, 0.15) is 51.9 Å². The number of hydrogen-bond acceptors (Lipinski definition) is 2. The van der Waals surface area contributed by atoms with Crippen molar-refractivity contribution in [2.45, 2.75) is 46.0 Å². The van der Waals surface area contributed by atoms with Gasteiger partial charge in [0.15, 0.2) is 5.58 Å². The Morgan fingerprint density at radius 2 is 1.94 bits per heavy atom. The monoisotopic (exact) mass is 217 g/mol. The summed E-state index contributed by atoms with van der Waals surface area (Å²) in [5, 5.41) is 0. The van der Waals surface area contributed by atoms with Gasteiger partial charge >= 0.3 is 0 Å². The molecule has 2 heteroatoms. The summed E-state index contributed by atoms with van der Waals surface area (Å²) < 4.78 is 5.96. The molecule has 2 nitrogen and oxygen atoms in total. The number of furan rings is 1. The first-order valence-corrected chi connectivity index (χ1v) is 5.79. The van der Waals surface area contributed by atoms with E-state index < -0.39 is 0 Å². The van der Waals surface area contributed by atoms with E-state index in [4.69, 9.17) is 4.42 Å². The molecule has 0 N–H and O–H groups in total. The molecule has 0 bridgehead atoms. The zero-order valence-corrected chi connectivity index (χ0v) is 10.7. The summed E-state index contributed by atoms with van der Waals surface area (Å²) >= 11 is 0. The maximum absolute atomic E-state index is 5.96. The Morgan fingerprint density at radius 3 is 2.50 bits per heavy atom. The van der Waals surface area contributed by atoms with Crippen LogP contribution in [-0.4, -0.2) is 4.98 Å². The molecule has 0 radical (unpaired) electrons. The molecular formula is C14H19NO. The fourth-order valence-corrected chi connectivity index (χ4v) is 2.04. The molecule has 2 aromatic heterocycles. The zero-order chi connectivity index (χ0) is 11.9. The Hall–Kier alpha value is -1.31. The van der Waals surface area contributed by atoms with Crippen LogP contribution in [0.5, 0.6) is 0 Å². The van der Waals surface area contributed by atoms with Gasteiger partial charge in [-0.15, -0.1) is 0 Å². The summed E-state index contributed by atoms with van der Waals surface area (Å²) in [7, 11) is 0. The normalized spacial score (nSPS) is 12.6. The Morgan fingerprint density at radius 1 is 1.25 bits per heavy atom. The van der Waals surface area contributed by atoms with Gasteiger partial charge in [0.2, 0.25) is 0 Å². The molecule has 2 aromatic rings. The third kappa shape index (κ3) is 1.73. The highest BCUT2D eigenvalue weighted by Crippen LogP contribution is 2.37. The molecule has 0 unspecified atom stereocenters. The van der Waals surface area contributed by atoms with Gasteiger partial charge in [0, 0.05) is 17.2 Å². The fraction of sp³-hybridized carbons (Fsp3) is 0.500. The third-order valence-corrected chi connectivity index (χ3v) is 2.74. The highest BCUT2D eigenvalue weighted by molar-refractivity contribution is 5.78. The summed E-state index contributed by atoms with van der Waals surface area (Å²) in [5.74, 6) is 1.50. The Labute approximate surface area is 96.7 Å². The lowest BCUT2D eigenvalue weighted by Gasteiger charge is -2.18. The molecule has 2 rings (SSSR count). The summed E-state index contributed by atoms with van der Waals surface area (Å²) in [4.78, 5) is 4.44. The predicted octanol–water partition coefficient (Wildman–Crippen LogP) is 4.25. The molecule has 0 aliphatic heterocycles. The minimum absolute atomic E-state index is 0.0281. The maximum atomic E-state index is 5.96. The van der Waals surface area contributed by atoms with E-state index in [9.17, 15) is 0 Å². The van der Waals surface area contributed by atoms with Crippen LogP contribution in [0, 0.1) is 0 Å². The predicted molar refractivity (Wildman–Crippen MR) is 66.8 cm³/mol. The van der Waals surface area contributed by atoms with Gasteiger partial charge < -0.3 is 4.42 Å². The minimum atomic E-state index is 0.0281. The molecule has 0 saturated heterocycles. The van der Waals surface area contributed by atoms with Crippen LogP contribution < -0.4 is 0 Å². The number of pyridine rings is 1. The van der Waals surface area contributed by atoms with Gasteiger partial charge in [0.1, 0.15) is 11.3 Å². The van der Waals surface area contributed by atoms with E-state index in [1.54, 1.807) is 0 Å². The zero-order valence-electron chi connectivity index (χ0n) is 10.7. The average molecular weight is 217 g/mol. The number of rotatable bonds is 1. The lowest BCUT2D eigenvalue weighted by atomic mass is 9.87. The SMILES string of the molecule is CC(C)c1c(C(C)(C)C)oc2cccnc12. The van der Waals surface area contributed by atoms with Crippen molar-refractivity contribution in [1.29, 1.82) is 0 Å². The van der Waals surface area contributed by atoms with Crippen molar-refractivity contribution in [2.24, 2.45) is 0 Å². The van der Waals surface area contributed by atoms with Gasteiger partial charge in [-0.25, -0.2) is 0 Å². The molecule has 0 amide bonds. The second kappa shape index (κ2) is 3.62. The highest BCUT2D eigenvalue weighted by atomic mass is 16.3. The molecule has 0 saturated carbocycles. The fourth-order valence-electron chi connectivity index (χ4n) is 2.04. The van der Waals surface area contributed by atoms with E-state index >= 15 is 0 Å². The molecule has 0 aliphatic carbocycles. The molecule has 16 heavy (non-hydrogen) atoms. The number of nitrogens with zero attached hydrogens (tertiary/aromatic N) is 1. The van der Waals surface area contributed by atoms with Crippen molar-refractivity contribution < 1.29 is 4.42 Å². The van der Waals surface area contributed by atoms with Crippen LogP contribution in [0.25, 0.3) is 11.1 Å². The molecule has 0 spiro atoms. The standard InChI is InChI=1S/C14H19NO/c1-9(2)11-12-10(7-6-8-15-12)16-13(11)14(3,4)5/h6-9H,1-5H3. The van der Waals surface area contributed by atoms with E-state index in [0.29, 0.717) is 5.92 Å². The van der Waals surface area contributed by atoms with Crippen LogP contribution in [-0.2, 0) is 5.41 Å². The molecule has 0 atom stereocenters. The first-order valence-electron chi connectivity index (χ1n) is 5.79. The largest absolute Gasteiger partial charge is 0.459 e. The van der Waals surface area contributed by atoms with E-state index in [1.807, 2.05) is 18.3 Å². The van der Waals surface area contributed by atoms with Gasteiger partial charge in [-0.2, -0.15) is 0 Å². The molecule has 86 valence electrons. The van der Waals surface area contributed by atoms with Crippen LogP contribution >= 0.6 is 0 Å². The molecule has 0 aromatic carbocycles. The Kier molecular flexibility index (Phi) is 2.53. The van der Waals surface area contributed by atoms with Crippen molar-refractivity contribution in [1.82, 2.24) is 4.98 Å². The quantitative estimate of drug-likeness (QED) is 0.713. The number of fused-ring (bicyclic) bond motifs is 1. The number of aromatic nitrogens is 1. The molecule has 0 fully saturated rings. The van der Waals surface area contributed by atoms with Crippen molar-refractivity contribution in [3.05, 3.63) is 29.7 Å². The lowest BCUT2D eigenvalue weighted by molar-refractivity contribution is 0.421. The number of hydrogen-bond donors (Lipinski definition) is 0. The first kappa shape index (κ1) is 11.2. The Balaban J connectivity index is 2.78. The lowest BCUT2D eigenvalue weighted by Crippen LogP contribution is -2.13. The van der Waals surface area contributed by atoms with E-state index in [-0.39, 0.29) is 5.41 Å². The van der Waals surface area contributed by atoms with Crippen molar-refractivity contribution >= 4 is 11.1 Å². The van der Waals surface area contributed by atoms with Crippen molar-refractivity contribution in [2.75, 3.05) is 0 Å². The molecular weight excluding hydrogens is 198 g/mol. The van der Waals surface area contributed by atoms with Crippen molar-refractivity contribution in [3.63, 3.8) is 0 Å². The third-order valence-electron chi connectivity index (χ3n) is 2.74. The summed E-state index contributed by atoms with van der Waals surface area (Å²) in [5.41, 5.74) is 3.20. The van der Waals surface area contributed by atoms with Gasteiger partial charge in [-0.3, -0.25) is 4.98 Å². The second-order valence-electron chi connectivity index (χ2n) is 5.60. The van der Waals surface area contributed by atoms with Gasteiger partial charge in [-0.05, 0) is 18.1 Å². The van der Waals surface area contributed by atoms with Crippen LogP contribution in [0.4, 0.5) is 0 Å². The summed E-state index contributed by atoms with van der Waals surface area (Å²) in [6.07, 6.45) is 1.83. The van der Waals surface area contributed by atoms with Crippen LogP contribution in [0.15, 0.2) is 22.7 Å². The van der Waals surface area contributed by atoms with E-state index in [2.05, 4.69) is 39.6 Å². The van der Waals surface area contributed by atoms with E-state index in [1.165, 1.54) is 5.56 Å². The smallest absolute Gasteiger partial charge is 0.153 e. The van der Waals surface area contributed by atoms with E-state index in [0.717, 1.165) is 16.9 Å². The van der Waals surface area contributed by atoms with Gasteiger partial charge in [0.25, 0.3) is 0 Å². The maximum Gasteiger partial charge on any atom is 0.153 e. The first-order chi connectivity index (χ1) is 7.41. The van der Waals surface area contributed by atoms with Gasteiger partial charge in [-0.1, -0.05) is 34.6 Å². The van der Waals surface area contributed by atoms with Crippen LogP contribution in [0.3, 0.4) is 0 Å². The Bertz CT molecular complexity index is 503. The average Bonchev–Trinajstić information content (AvgIpc) is 2.55. The summed E-state index contributed by atoms with van der Waals surface area (Å²) in [6, 6.07) is 3.91. The van der Waals surface area contributed by atoms with Crippen LogP contribution in [0.2, 0.25) is 0 Å².